The van der Waals surface area contributed by atoms with Gasteiger partial charge >= 0.3 is 0 Å². The lowest BCUT2D eigenvalue weighted by Crippen LogP contribution is -1.90. The number of fused-ring (bicyclic) bond motifs is 1. The Morgan fingerprint density at radius 2 is 1.88 bits per heavy atom. The monoisotopic (exact) mass is 206 g/mol. The molecule has 0 N–H and O–H groups in total. The van der Waals surface area contributed by atoms with Gasteiger partial charge in [0.2, 0.25) is 0 Å². The van der Waals surface area contributed by atoms with E-state index in [1.807, 2.05) is 18.2 Å². The van der Waals surface area contributed by atoms with Crippen molar-refractivity contribution in [2.75, 3.05) is 0 Å². The number of benzene rings is 2. The zero-order valence-electron chi connectivity index (χ0n) is 9.14. The first-order valence-electron chi connectivity index (χ1n) is 5.39. The van der Waals surface area contributed by atoms with E-state index in [9.17, 15) is 0 Å². The molecule has 1 aromatic heterocycles. The first kappa shape index (κ1) is 9.22. The van der Waals surface area contributed by atoms with Crippen molar-refractivity contribution in [2.45, 2.75) is 6.92 Å². The zero-order chi connectivity index (χ0) is 11.0. The molecule has 1 radical (unpaired) electrons. The van der Waals surface area contributed by atoms with Crippen molar-refractivity contribution in [3.63, 3.8) is 0 Å². The van der Waals surface area contributed by atoms with Gasteiger partial charge in [-0.2, -0.15) is 0 Å². The number of aromatic nitrogens is 1. The van der Waals surface area contributed by atoms with Gasteiger partial charge in [-0.3, -0.25) is 0 Å². The third-order valence-corrected chi connectivity index (χ3v) is 2.88. The highest BCUT2D eigenvalue weighted by atomic mass is 15.0. The van der Waals surface area contributed by atoms with Gasteiger partial charge < -0.3 is 4.57 Å². The van der Waals surface area contributed by atoms with E-state index in [2.05, 4.69) is 54.1 Å². The largest absolute Gasteiger partial charge is 0.316 e. The molecule has 16 heavy (non-hydrogen) atoms. The SMILES string of the molecule is Cc1cn(-c2ccccc2)c2cc[c]cc12. The molecule has 3 aromatic rings. The van der Waals surface area contributed by atoms with Crippen LogP contribution in [0.4, 0.5) is 0 Å². The summed E-state index contributed by atoms with van der Waals surface area (Å²) in [6, 6.07) is 19.6. The fourth-order valence-corrected chi connectivity index (χ4v) is 2.08. The molecule has 1 heteroatoms. The Kier molecular flexibility index (Phi) is 2.03. The molecular weight excluding hydrogens is 194 g/mol. The second kappa shape index (κ2) is 3.53. The molecular formula is C15H12N. The minimum Gasteiger partial charge on any atom is -0.316 e. The van der Waals surface area contributed by atoms with Gasteiger partial charge in [-0.25, -0.2) is 0 Å². The van der Waals surface area contributed by atoms with Gasteiger partial charge in [0.1, 0.15) is 0 Å². The minimum absolute atomic E-state index is 1.20. The van der Waals surface area contributed by atoms with E-state index in [0.29, 0.717) is 0 Å². The summed E-state index contributed by atoms with van der Waals surface area (Å²) in [4.78, 5) is 0. The molecule has 1 heterocycles. The average molecular weight is 206 g/mol. The fourth-order valence-electron chi connectivity index (χ4n) is 2.08. The molecule has 3 rings (SSSR count). The van der Waals surface area contributed by atoms with Crippen LogP contribution in [0.1, 0.15) is 5.56 Å². The molecule has 77 valence electrons. The number of nitrogens with zero attached hydrogens (tertiary/aromatic N) is 1. The lowest BCUT2D eigenvalue weighted by Gasteiger charge is -2.04. The van der Waals surface area contributed by atoms with Gasteiger partial charge in [-0.15, -0.1) is 0 Å². The summed E-state index contributed by atoms with van der Waals surface area (Å²) in [5, 5.41) is 1.27. The standard InChI is InChI=1S/C15H12N/c1-12-11-16(13-7-3-2-4-8-13)15-10-6-5-9-14(12)15/h2-4,6-11H,1H3. The lowest BCUT2D eigenvalue weighted by atomic mass is 10.2. The summed E-state index contributed by atoms with van der Waals surface area (Å²) < 4.78 is 2.22. The van der Waals surface area contributed by atoms with Crippen LogP contribution in [0.15, 0.2) is 54.7 Å². The Balaban J connectivity index is 2.33. The third kappa shape index (κ3) is 1.33. The summed E-state index contributed by atoms with van der Waals surface area (Å²) in [7, 11) is 0. The molecule has 0 amide bonds. The van der Waals surface area contributed by atoms with Crippen LogP contribution in [0.3, 0.4) is 0 Å². The van der Waals surface area contributed by atoms with E-state index >= 15 is 0 Å². The van der Waals surface area contributed by atoms with Gasteiger partial charge in [-0.1, -0.05) is 24.3 Å². The lowest BCUT2D eigenvalue weighted by molar-refractivity contribution is 1.12. The second-order valence-corrected chi connectivity index (χ2v) is 3.96. The highest BCUT2D eigenvalue weighted by Gasteiger charge is 2.05. The van der Waals surface area contributed by atoms with Crippen LogP contribution in [0.2, 0.25) is 0 Å². The van der Waals surface area contributed by atoms with Gasteiger partial charge in [0.05, 0.1) is 5.52 Å². The molecule has 0 aliphatic heterocycles. The highest BCUT2D eigenvalue weighted by Crippen LogP contribution is 2.23. The normalized spacial score (nSPS) is 10.8. The predicted octanol–water partition coefficient (Wildman–Crippen LogP) is 3.74. The molecule has 1 nitrogen and oxygen atoms in total. The van der Waals surface area contributed by atoms with Crippen LogP contribution in [-0.4, -0.2) is 4.57 Å². The van der Waals surface area contributed by atoms with Crippen LogP contribution in [-0.2, 0) is 0 Å². The van der Waals surface area contributed by atoms with Crippen molar-refractivity contribution in [1.29, 1.82) is 0 Å². The van der Waals surface area contributed by atoms with Gasteiger partial charge in [0.25, 0.3) is 0 Å². The quantitative estimate of drug-likeness (QED) is 0.571. The Morgan fingerprint density at radius 1 is 1.06 bits per heavy atom. The maximum Gasteiger partial charge on any atom is 0.0531 e. The number of hydrogen-bond acceptors (Lipinski definition) is 0. The maximum atomic E-state index is 3.13. The Bertz CT molecular complexity index is 620. The molecule has 0 aliphatic rings. The van der Waals surface area contributed by atoms with Gasteiger partial charge in [0.15, 0.2) is 0 Å². The van der Waals surface area contributed by atoms with Crippen molar-refractivity contribution < 1.29 is 0 Å². The summed E-state index contributed by atoms with van der Waals surface area (Å²) in [5.41, 5.74) is 3.73. The molecule has 0 saturated carbocycles. The van der Waals surface area contributed by atoms with E-state index in [4.69, 9.17) is 0 Å². The predicted molar refractivity (Wildman–Crippen MR) is 66.8 cm³/mol. The Morgan fingerprint density at radius 3 is 2.69 bits per heavy atom. The van der Waals surface area contributed by atoms with Gasteiger partial charge in [-0.05, 0) is 42.8 Å². The van der Waals surface area contributed by atoms with Crippen LogP contribution >= 0.6 is 0 Å². The number of rotatable bonds is 1. The molecule has 0 spiro atoms. The van der Waals surface area contributed by atoms with E-state index in [1.54, 1.807) is 0 Å². The summed E-state index contributed by atoms with van der Waals surface area (Å²) in [6.07, 6.45) is 2.17. The summed E-state index contributed by atoms with van der Waals surface area (Å²) >= 11 is 0. The molecule has 0 atom stereocenters. The zero-order valence-corrected chi connectivity index (χ0v) is 9.14. The first-order valence-corrected chi connectivity index (χ1v) is 5.39. The number of para-hydroxylation sites is 1. The van der Waals surface area contributed by atoms with E-state index in [0.717, 1.165) is 0 Å². The Labute approximate surface area is 95.0 Å². The Hall–Kier alpha value is -2.02. The topological polar surface area (TPSA) is 4.93 Å². The van der Waals surface area contributed by atoms with Crippen LogP contribution < -0.4 is 0 Å². The molecule has 0 fully saturated rings. The van der Waals surface area contributed by atoms with Crippen molar-refractivity contribution in [2.24, 2.45) is 0 Å². The molecule has 0 aliphatic carbocycles. The van der Waals surface area contributed by atoms with Crippen LogP contribution in [0.5, 0.6) is 0 Å². The number of hydrogen-bond donors (Lipinski definition) is 0. The van der Waals surface area contributed by atoms with E-state index < -0.39 is 0 Å². The average Bonchev–Trinajstić information content (AvgIpc) is 2.69. The van der Waals surface area contributed by atoms with Crippen LogP contribution in [0, 0.1) is 13.0 Å². The van der Waals surface area contributed by atoms with E-state index in [1.165, 1.54) is 22.2 Å². The van der Waals surface area contributed by atoms with Crippen molar-refractivity contribution in [3.8, 4) is 5.69 Å². The summed E-state index contributed by atoms with van der Waals surface area (Å²) in [5.74, 6) is 0. The minimum atomic E-state index is 1.20. The van der Waals surface area contributed by atoms with Crippen molar-refractivity contribution >= 4 is 10.9 Å². The smallest absolute Gasteiger partial charge is 0.0531 e. The molecule has 0 bridgehead atoms. The molecule has 0 saturated heterocycles. The van der Waals surface area contributed by atoms with Crippen molar-refractivity contribution in [3.05, 3.63) is 66.4 Å². The van der Waals surface area contributed by atoms with Crippen molar-refractivity contribution in [1.82, 2.24) is 4.57 Å². The maximum absolute atomic E-state index is 3.13. The van der Waals surface area contributed by atoms with E-state index in [-0.39, 0.29) is 0 Å². The van der Waals surface area contributed by atoms with Crippen LogP contribution in [0.25, 0.3) is 16.6 Å². The molecule has 0 unspecified atom stereocenters. The van der Waals surface area contributed by atoms with Gasteiger partial charge in [0, 0.05) is 17.3 Å². The highest BCUT2D eigenvalue weighted by molar-refractivity contribution is 5.85. The third-order valence-electron chi connectivity index (χ3n) is 2.88. The number of aryl methyl sites for hydroxylation is 1. The fraction of sp³-hybridized carbons (Fsp3) is 0.0667. The summed E-state index contributed by atoms with van der Waals surface area (Å²) in [6.45, 7) is 2.13. The second-order valence-electron chi connectivity index (χ2n) is 3.96. The first-order chi connectivity index (χ1) is 7.86. The molecule has 2 aromatic carbocycles.